The lowest BCUT2D eigenvalue weighted by Gasteiger charge is -2.29. The molecule has 0 aliphatic carbocycles. The first-order chi connectivity index (χ1) is 7.68. The lowest BCUT2D eigenvalue weighted by Crippen LogP contribution is -2.23. The van der Waals surface area contributed by atoms with Crippen LogP contribution >= 0.6 is 11.8 Å². The van der Waals surface area contributed by atoms with Crippen molar-refractivity contribution in [2.45, 2.75) is 37.5 Å². The van der Waals surface area contributed by atoms with E-state index in [0.717, 1.165) is 12.8 Å². The van der Waals surface area contributed by atoms with E-state index >= 15 is 0 Å². The van der Waals surface area contributed by atoms with Gasteiger partial charge >= 0.3 is 0 Å². The molecule has 0 amide bonds. The van der Waals surface area contributed by atoms with Crippen molar-refractivity contribution in [1.82, 2.24) is 0 Å². The Hall–Kier alpha value is -0.470. The number of aliphatic hydroxyl groups is 1. The average Bonchev–Trinajstić information content (AvgIpc) is 2.73. The molecule has 0 aromatic heterocycles. The van der Waals surface area contributed by atoms with Gasteiger partial charge in [0, 0.05) is 17.3 Å². The van der Waals surface area contributed by atoms with Gasteiger partial charge in [-0.3, -0.25) is 0 Å². The zero-order valence-corrected chi connectivity index (χ0v) is 10.9. The van der Waals surface area contributed by atoms with E-state index in [-0.39, 0.29) is 5.41 Å². The molecular formula is C14H20OS. The average molecular weight is 236 g/mol. The van der Waals surface area contributed by atoms with Gasteiger partial charge in [0.25, 0.3) is 0 Å². The fraction of sp³-hybridized carbons (Fsp3) is 0.571. The van der Waals surface area contributed by atoms with E-state index in [1.807, 2.05) is 11.8 Å². The number of thioether (sulfide) groups is 1. The van der Waals surface area contributed by atoms with E-state index in [1.54, 1.807) is 0 Å². The molecular weight excluding hydrogens is 216 g/mol. The molecule has 1 heterocycles. The van der Waals surface area contributed by atoms with Crippen molar-refractivity contribution >= 4 is 11.8 Å². The molecule has 1 nitrogen and oxygen atoms in total. The summed E-state index contributed by atoms with van der Waals surface area (Å²) in [4.78, 5) is 1.43. The number of rotatable bonds is 4. The Morgan fingerprint density at radius 1 is 1.44 bits per heavy atom. The number of fused-ring (bicyclic) bond motifs is 1. The van der Waals surface area contributed by atoms with Crippen molar-refractivity contribution in [3.63, 3.8) is 0 Å². The molecule has 0 saturated heterocycles. The Morgan fingerprint density at radius 2 is 2.19 bits per heavy atom. The summed E-state index contributed by atoms with van der Waals surface area (Å²) in [5.74, 6) is 1.80. The number of hydrogen-bond donors (Lipinski definition) is 1. The van der Waals surface area contributed by atoms with Crippen LogP contribution in [0.3, 0.4) is 0 Å². The highest BCUT2D eigenvalue weighted by Crippen LogP contribution is 2.45. The van der Waals surface area contributed by atoms with Crippen LogP contribution in [0.5, 0.6) is 0 Å². The lowest BCUT2D eigenvalue weighted by molar-refractivity contribution is 0.122. The Labute approximate surface area is 102 Å². The third kappa shape index (κ3) is 2.28. The van der Waals surface area contributed by atoms with Gasteiger partial charge in [-0.05, 0) is 35.8 Å². The highest BCUT2D eigenvalue weighted by molar-refractivity contribution is 7.99. The van der Waals surface area contributed by atoms with Crippen LogP contribution in [-0.2, 0) is 0 Å². The van der Waals surface area contributed by atoms with Gasteiger partial charge < -0.3 is 5.11 Å². The summed E-state index contributed by atoms with van der Waals surface area (Å²) in [7, 11) is 0. The normalized spacial score (nSPS) is 22.8. The Morgan fingerprint density at radius 3 is 2.88 bits per heavy atom. The minimum Gasteiger partial charge on any atom is -0.396 e. The quantitative estimate of drug-likeness (QED) is 0.860. The minimum atomic E-state index is 0.0860. The van der Waals surface area contributed by atoms with Crippen LogP contribution in [0.1, 0.15) is 38.2 Å². The van der Waals surface area contributed by atoms with Gasteiger partial charge in [-0.1, -0.05) is 32.0 Å². The maximum atomic E-state index is 9.49. The summed E-state index contributed by atoms with van der Waals surface area (Å²) < 4.78 is 0. The third-order valence-corrected chi connectivity index (χ3v) is 5.03. The smallest absolute Gasteiger partial charge is 0.0484 e. The molecule has 2 rings (SSSR count). The molecule has 1 N–H and O–H groups in total. The van der Waals surface area contributed by atoms with E-state index in [2.05, 4.69) is 38.1 Å². The Balaban J connectivity index is 2.14. The zero-order valence-electron chi connectivity index (χ0n) is 10.1. The van der Waals surface area contributed by atoms with Crippen molar-refractivity contribution in [2.75, 3.05) is 12.4 Å². The fourth-order valence-corrected chi connectivity index (χ4v) is 3.57. The van der Waals surface area contributed by atoms with Gasteiger partial charge in [0.2, 0.25) is 0 Å². The van der Waals surface area contributed by atoms with E-state index in [1.165, 1.54) is 16.2 Å². The number of benzene rings is 1. The molecule has 0 fully saturated rings. The van der Waals surface area contributed by atoms with Gasteiger partial charge in [-0.25, -0.2) is 0 Å². The van der Waals surface area contributed by atoms with Gasteiger partial charge in [-0.15, -0.1) is 11.8 Å². The van der Waals surface area contributed by atoms with Crippen molar-refractivity contribution in [3.05, 3.63) is 29.8 Å². The van der Waals surface area contributed by atoms with E-state index in [9.17, 15) is 5.11 Å². The summed E-state index contributed by atoms with van der Waals surface area (Å²) in [6.45, 7) is 4.66. The first-order valence-corrected chi connectivity index (χ1v) is 6.99. The third-order valence-electron chi connectivity index (χ3n) is 3.77. The molecule has 0 bridgehead atoms. The second-order valence-corrected chi connectivity index (χ2v) is 6.13. The topological polar surface area (TPSA) is 20.2 Å². The maximum absolute atomic E-state index is 9.49. The molecule has 0 saturated carbocycles. The van der Waals surface area contributed by atoms with Gasteiger partial charge in [0.1, 0.15) is 0 Å². The van der Waals surface area contributed by atoms with Gasteiger partial charge in [0.05, 0.1) is 0 Å². The molecule has 1 aliphatic heterocycles. The number of aliphatic hydroxyl groups excluding tert-OH is 1. The zero-order chi connectivity index (χ0) is 11.6. The highest BCUT2D eigenvalue weighted by atomic mass is 32.2. The standard InChI is InChI=1S/C14H20OS/c1-3-14(2,10-15)8-11-9-16-13-7-5-4-6-12(11)13/h4-7,11,15H,3,8-10H2,1-2H3. The predicted octanol–water partition coefficient (Wildman–Crippen LogP) is 3.67. The molecule has 88 valence electrons. The van der Waals surface area contributed by atoms with Crippen LogP contribution in [0, 0.1) is 5.41 Å². The van der Waals surface area contributed by atoms with E-state index < -0.39 is 0 Å². The van der Waals surface area contributed by atoms with E-state index in [4.69, 9.17) is 0 Å². The molecule has 2 atom stereocenters. The monoisotopic (exact) mass is 236 g/mol. The van der Waals surface area contributed by atoms with Gasteiger partial charge in [0.15, 0.2) is 0 Å². The molecule has 0 radical (unpaired) electrons. The van der Waals surface area contributed by atoms with Crippen LogP contribution in [-0.4, -0.2) is 17.5 Å². The summed E-state index contributed by atoms with van der Waals surface area (Å²) >= 11 is 1.96. The highest BCUT2D eigenvalue weighted by Gasteiger charge is 2.30. The first-order valence-electron chi connectivity index (χ1n) is 6.01. The SMILES string of the molecule is CCC(C)(CO)CC1CSc2ccccc21. The lowest BCUT2D eigenvalue weighted by atomic mass is 9.78. The van der Waals surface area contributed by atoms with Crippen LogP contribution in [0.15, 0.2) is 29.2 Å². The maximum Gasteiger partial charge on any atom is 0.0484 e. The summed E-state index contributed by atoms with van der Waals surface area (Å²) in [6.07, 6.45) is 2.15. The summed E-state index contributed by atoms with van der Waals surface area (Å²) in [6, 6.07) is 8.69. The van der Waals surface area contributed by atoms with Crippen molar-refractivity contribution in [3.8, 4) is 0 Å². The van der Waals surface area contributed by atoms with Crippen molar-refractivity contribution in [2.24, 2.45) is 5.41 Å². The van der Waals surface area contributed by atoms with Crippen LogP contribution in [0.25, 0.3) is 0 Å². The second-order valence-electron chi connectivity index (χ2n) is 5.07. The largest absolute Gasteiger partial charge is 0.396 e. The minimum absolute atomic E-state index is 0.0860. The second kappa shape index (κ2) is 4.80. The molecule has 2 heteroatoms. The Bertz CT molecular complexity index is 358. The molecule has 16 heavy (non-hydrogen) atoms. The van der Waals surface area contributed by atoms with Crippen LogP contribution in [0.4, 0.5) is 0 Å². The molecule has 1 aromatic rings. The van der Waals surface area contributed by atoms with Gasteiger partial charge in [-0.2, -0.15) is 0 Å². The summed E-state index contributed by atoms with van der Waals surface area (Å²) in [5, 5.41) is 9.49. The van der Waals surface area contributed by atoms with Crippen molar-refractivity contribution < 1.29 is 5.11 Å². The Kier molecular flexibility index (Phi) is 3.60. The van der Waals surface area contributed by atoms with Crippen LogP contribution in [0.2, 0.25) is 0 Å². The molecule has 2 unspecified atom stereocenters. The predicted molar refractivity (Wildman–Crippen MR) is 70.0 cm³/mol. The molecule has 1 aromatic carbocycles. The van der Waals surface area contributed by atoms with Crippen molar-refractivity contribution in [1.29, 1.82) is 0 Å². The summed E-state index contributed by atoms with van der Waals surface area (Å²) in [5.41, 5.74) is 1.57. The molecule has 0 spiro atoms. The number of hydrogen-bond acceptors (Lipinski definition) is 2. The fourth-order valence-electron chi connectivity index (χ4n) is 2.31. The first kappa shape index (κ1) is 12.0. The molecule has 1 aliphatic rings. The van der Waals surface area contributed by atoms with Crippen LogP contribution < -0.4 is 0 Å². The van der Waals surface area contributed by atoms with E-state index in [0.29, 0.717) is 12.5 Å².